The lowest BCUT2D eigenvalue weighted by molar-refractivity contribution is 0.232. The molecule has 1 fully saturated rings. The van der Waals surface area contributed by atoms with Gasteiger partial charge in [0.05, 0.1) is 0 Å². The Morgan fingerprint density at radius 3 is 2.62 bits per heavy atom. The molecule has 1 atom stereocenters. The molecule has 1 aliphatic rings. The first-order valence-corrected chi connectivity index (χ1v) is 5.72. The molecule has 1 saturated carbocycles. The van der Waals surface area contributed by atoms with Crippen LogP contribution in [0.1, 0.15) is 39.5 Å². The van der Waals surface area contributed by atoms with Crippen molar-refractivity contribution in [3.8, 4) is 0 Å². The second-order valence-corrected chi connectivity index (χ2v) is 4.35. The van der Waals surface area contributed by atoms with E-state index in [0.717, 1.165) is 18.5 Å². The van der Waals surface area contributed by atoms with Crippen molar-refractivity contribution in [3.05, 3.63) is 0 Å². The van der Waals surface area contributed by atoms with E-state index in [0.29, 0.717) is 0 Å². The van der Waals surface area contributed by atoms with E-state index in [-0.39, 0.29) is 0 Å². The lowest BCUT2D eigenvalue weighted by atomic mass is 10.1. The fourth-order valence-corrected chi connectivity index (χ4v) is 1.93. The third kappa shape index (κ3) is 4.10. The Labute approximate surface area is 82.5 Å². The molecule has 0 amide bonds. The van der Waals surface area contributed by atoms with Crippen LogP contribution in [-0.4, -0.2) is 30.6 Å². The van der Waals surface area contributed by atoms with Gasteiger partial charge >= 0.3 is 0 Å². The molecule has 1 rings (SSSR count). The molecular weight excluding hydrogens is 160 g/mol. The topological polar surface area (TPSA) is 29.3 Å². The molecule has 1 aliphatic carbocycles. The highest BCUT2D eigenvalue weighted by molar-refractivity contribution is 4.84. The van der Waals surface area contributed by atoms with Crippen LogP contribution >= 0.6 is 0 Å². The first-order valence-electron chi connectivity index (χ1n) is 5.72. The summed E-state index contributed by atoms with van der Waals surface area (Å²) in [6, 6.07) is 0.922. The molecule has 13 heavy (non-hydrogen) atoms. The second kappa shape index (κ2) is 5.61. The minimum atomic E-state index is 0.823. The van der Waals surface area contributed by atoms with Gasteiger partial charge in [-0.15, -0.1) is 0 Å². The molecule has 78 valence electrons. The van der Waals surface area contributed by atoms with Gasteiger partial charge in [-0.1, -0.05) is 13.8 Å². The van der Waals surface area contributed by atoms with Gasteiger partial charge in [-0.3, -0.25) is 0 Å². The van der Waals surface area contributed by atoms with Gasteiger partial charge in [-0.25, -0.2) is 0 Å². The Morgan fingerprint density at radius 1 is 1.46 bits per heavy atom. The zero-order valence-electron chi connectivity index (χ0n) is 9.13. The zero-order chi connectivity index (χ0) is 9.68. The van der Waals surface area contributed by atoms with Crippen LogP contribution in [0.3, 0.4) is 0 Å². The van der Waals surface area contributed by atoms with Crippen molar-refractivity contribution >= 4 is 0 Å². The number of nitrogens with two attached hydrogens (primary N) is 1. The fraction of sp³-hybridized carbons (Fsp3) is 1.00. The van der Waals surface area contributed by atoms with E-state index in [1.807, 2.05) is 0 Å². The lowest BCUT2D eigenvalue weighted by Crippen LogP contribution is -2.30. The molecule has 0 aromatic heterocycles. The molecule has 0 aliphatic heterocycles. The maximum Gasteiger partial charge on any atom is 0.00964 e. The maximum absolute atomic E-state index is 5.50. The minimum Gasteiger partial charge on any atom is -0.330 e. The second-order valence-electron chi connectivity index (χ2n) is 4.35. The molecule has 0 radical (unpaired) electrons. The van der Waals surface area contributed by atoms with Crippen LogP contribution in [0, 0.1) is 5.92 Å². The Kier molecular flexibility index (Phi) is 4.74. The summed E-state index contributed by atoms with van der Waals surface area (Å²) >= 11 is 0. The fourth-order valence-electron chi connectivity index (χ4n) is 1.93. The third-order valence-corrected chi connectivity index (χ3v) is 2.92. The summed E-state index contributed by atoms with van der Waals surface area (Å²) in [6.07, 6.45) is 5.33. The van der Waals surface area contributed by atoms with Crippen molar-refractivity contribution < 1.29 is 0 Å². The quantitative estimate of drug-likeness (QED) is 0.654. The van der Waals surface area contributed by atoms with E-state index in [4.69, 9.17) is 5.73 Å². The van der Waals surface area contributed by atoms with Gasteiger partial charge in [0, 0.05) is 12.6 Å². The molecule has 2 heteroatoms. The van der Waals surface area contributed by atoms with Crippen LogP contribution < -0.4 is 5.73 Å². The lowest BCUT2D eigenvalue weighted by Gasteiger charge is -2.23. The SMILES string of the molecule is CCN(CC(C)CCCN)C1CC1. The summed E-state index contributed by atoms with van der Waals surface area (Å²) in [5, 5.41) is 0. The highest BCUT2D eigenvalue weighted by Gasteiger charge is 2.28. The highest BCUT2D eigenvalue weighted by atomic mass is 15.2. The molecule has 2 nitrogen and oxygen atoms in total. The van der Waals surface area contributed by atoms with Gasteiger partial charge < -0.3 is 10.6 Å². The summed E-state index contributed by atoms with van der Waals surface area (Å²) in [6.45, 7) is 7.97. The Balaban J connectivity index is 2.12. The first-order chi connectivity index (χ1) is 6.27. The van der Waals surface area contributed by atoms with Crippen molar-refractivity contribution in [2.45, 2.75) is 45.6 Å². The molecule has 0 bridgehead atoms. The van der Waals surface area contributed by atoms with Crippen LogP contribution in [0.25, 0.3) is 0 Å². The van der Waals surface area contributed by atoms with E-state index in [1.54, 1.807) is 0 Å². The molecule has 2 N–H and O–H groups in total. The van der Waals surface area contributed by atoms with Crippen molar-refractivity contribution in [1.29, 1.82) is 0 Å². The van der Waals surface area contributed by atoms with E-state index in [2.05, 4.69) is 18.7 Å². The van der Waals surface area contributed by atoms with Gasteiger partial charge in [0.2, 0.25) is 0 Å². The standard InChI is InChI=1S/C11H24N2/c1-3-13(11-6-7-11)9-10(2)5-4-8-12/h10-11H,3-9,12H2,1-2H3. The number of nitrogens with zero attached hydrogens (tertiary/aromatic N) is 1. The first kappa shape index (κ1) is 11.0. The number of rotatable bonds is 7. The van der Waals surface area contributed by atoms with Gasteiger partial charge in [0.25, 0.3) is 0 Å². The van der Waals surface area contributed by atoms with Crippen molar-refractivity contribution in [3.63, 3.8) is 0 Å². The molecule has 1 unspecified atom stereocenters. The normalized spacial score (nSPS) is 19.4. The number of hydrogen-bond donors (Lipinski definition) is 1. The van der Waals surface area contributed by atoms with Gasteiger partial charge in [-0.05, 0) is 44.7 Å². The monoisotopic (exact) mass is 184 g/mol. The maximum atomic E-state index is 5.50. The van der Waals surface area contributed by atoms with Gasteiger partial charge in [-0.2, -0.15) is 0 Å². The predicted molar refractivity (Wildman–Crippen MR) is 57.7 cm³/mol. The average molecular weight is 184 g/mol. The molecular formula is C11H24N2. The van der Waals surface area contributed by atoms with Crippen LogP contribution in [0.2, 0.25) is 0 Å². The number of hydrogen-bond acceptors (Lipinski definition) is 2. The summed E-state index contributed by atoms with van der Waals surface area (Å²) in [5.41, 5.74) is 5.50. The molecule has 0 aromatic rings. The van der Waals surface area contributed by atoms with Crippen LogP contribution in [0.15, 0.2) is 0 Å². The Bertz CT molecular complexity index is 132. The summed E-state index contributed by atoms with van der Waals surface area (Å²) in [7, 11) is 0. The van der Waals surface area contributed by atoms with Crippen LogP contribution in [0.5, 0.6) is 0 Å². The zero-order valence-corrected chi connectivity index (χ0v) is 9.13. The van der Waals surface area contributed by atoms with Crippen LogP contribution in [0.4, 0.5) is 0 Å². The summed E-state index contributed by atoms with van der Waals surface area (Å²) in [5.74, 6) is 0.823. The third-order valence-electron chi connectivity index (χ3n) is 2.92. The van der Waals surface area contributed by atoms with Crippen molar-refractivity contribution in [2.75, 3.05) is 19.6 Å². The minimum absolute atomic E-state index is 0.823. The van der Waals surface area contributed by atoms with E-state index >= 15 is 0 Å². The van der Waals surface area contributed by atoms with Gasteiger partial charge in [0.15, 0.2) is 0 Å². The predicted octanol–water partition coefficient (Wildman–Crippen LogP) is 1.85. The van der Waals surface area contributed by atoms with Crippen molar-refractivity contribution in [2.24, 2.45) is 11.7 Å². The molecule has 0 spiro atoms. The van der Waals surface area contributed by atoms with E-state index in [9.17, 15) is 0 Å². The van der Waals surface area contributed by atoms with E-state index < -0.39 is 0 Å². The smallest absolute Gasteiger partial charge is 0.00964 e. The largest absolute Gasteiger partial charge is 0.330 e. The Morgan fingerprint density at radius 2 is 2.15 bits per heavy atom. The molecule has 0 heterocycles. The average Bonchev–Trinajstić information content (AvgIpc) is 2.94. The van der Waals surface area contributed by atoms with E-state index in [1.165, 1.54) is 38.8 Å². The Hall–Kier alpha value is -0.0800. The molecule has 0 saturated heterocycles. The summed E-state index contributed by atoms with van der Waals surface area (Å²) < 4.78 is 0. The van der Waals surface area contributed by atoms with Crippen molar-refractivity contribution in [1.82, 2.24) is 4.90 Å². The molecule has 0 aromatic carbocycles. The van der Waals surface area contributed by atoms with Crippen LogP contribution in [-0.2, 0) is 0 Å². The van der Waals surface area contributed by atoms with Gasteiger partial charge in [0.1, 0.15) is 0 Å². The summed E-state index contributed by atoms with van der Waals surface area (Å²) in [4.78, 5) is 2.63. The highest BCUT2D eigenvalue weighted by Crippen LogP contribution is 2.27.